The second-order valence-electron chi connectivity index (χ2n) is 4.90. The number of guanidine groups is 1. The highest BCUT2D eigenvalue weighted by Gasteiger charge is 2.08. The van der Waals surface area contributed by atoms with Crippen molar-refractivity contribution in [3.05, 3.63) is 66.0 Å². The molecule has 0 fully saturated rings. The number of benzene rings is 2. The zero-order chi connectivity index (χ0) is 15.4. The van der Waals surface area contributed by atoms with E-state index >= 15 is 0 Å². The van der Waals surface area contributed by atoms with Gasteiger partial charge in [-0.2, -0.15) is 0 Å². The van der Waals surface area contributed by atoms with E-state index in [0.717, 1.165) is 16.7 Å². The van der Waals surface area contributed by atoms with Crippen molar-refractivity contribution in [1.29, 1.82) is 0 Å². The molecule has 0 saturated heterocycles. The molecule has 3 aromatic rings. The van der Waals surface area contributed by atoms with Gasteiger partial charge < -0.3 is 11.1 Å². The number of para-hydroxylation sites is 1. The third-order valence-corrected chi connectivity index (χ3v) is 3.34. The van der Waals surface area contributed by atoms with E-state index in [1.807, 2.05) is 42.5 Å². The van der Waals surface area contributed by atoms with E-state index in [1.54, 1.807) is 7.05 Å². The first kappa shape index (κ1) is 14.0. The number of fused-ring (bicyclic) bond motifs is 1. The molecule has 2 aromatic carbocycles. The van der Waals surface area contributed by atoms with Gasteiger partial charge in [0.25, 0.3) is 0 Å². The Morgan fingerprint density at radius 3 is 2.55 bits per heavy atom. The topological polar surface area (TPSA) is 76.2 Å². The van der Waals surface area contributed by atoms with Crippen LogP contribution in [0.3, 0.4) is 0 Å². The molecule has 0 aliphatic carbocycles. The Morgan fingerprint density at radius 2 is 1.77 bits per heavy atom. The Labute approximate surface area is 128 Å². The minimum atomic E-state index is 0.328. The minimum absolute atomic E-state index is 0.328. The molecule has 1 aromatic heterocycles. The van der Waals surface area contributed by atoms with Crippen LogP contribution < -0.4 is 11.1 Å². The molecular weight excluding hydrogens is 274 g/mol. The average molecular weight is 291 g/mol. The van der Waals surface area contributed by atoms with Crippen molar-refractivity contribution in [3.8, 4) is 0 Å². The molecule has 0 bridgehead atoms. The second kappa shape index (κ2) is 6.22. The van der Waals surface area contributed by atoms with E-state index in [0.29, 0.717) is 18.2 Å². The van der Waals surface area contributed by atoms with Crippen LogP contribution >= 0.6 is 0 Å². The smallest absolute Gasteiger partial charge is 0.194 e. The molecule has 0 aliphatic rings. The number of nitrogens with one attached hydrogen (secondary N) is 1. The summed E-state index contributed by atoms with van der Waals surface area (Å²) in [6, 6.07) is 18.0. The summed E-state index contributed by atoms with van der Waals surface area (Å²) in [4.78, 5) is 13.2. The van der Waals surface area contributed by atoms with Crippen molar-refractivity contribution >= 4 is 22.7 Å². The molecule has 110 valence electrons. The number of aromatic nitrogens is 2. The molecule has 0 spiro atoms. The molecule has 0 radical (unpaired) electrons. The fourth-order valence-corrected chi connectivity index (χ4v) is 2.25. The van der Waals surface area contributed by atoms with Gasteiger partial charge in [-0.1, -0.05) is 42.5 Å². The zero-order valence-electron chi connectivity index (χ0n) is 12.3. The predicted octanol–water partition coefficient (Wildman–Crippen LogP) is 2.58. The van der Waals surface area contributed by atoms with Crippen molar-refractivity contribution in [2.45, 2.75) is 6.42 Å². The third-order valence-electron chi connectivity index (χ3n) is 3.34. The molecule has 0 saturated carbocycles. The summed E-state index contributed by atoms with van der Waals surface area (Å²) < 4.78 is 0. The Balaban J connectivity index is 2.04. The van der Waals surface area contributed by atoms with Gasteiger partial charge in [-0.25, -0.2) is 9.97 Å². The van der Waals surface area contributed by atoms with Crippen LogP contribution in [0.25, 0.3) is 10.9 Å². The average Bonchev–Trinajstić information content (AvgIpc) is 2.55. The number of rotatable bonds is 3. The van der Waals surface area contributed by atoms with Crippen LogP contribution in [-0.2, 0) is 6.42 Å². The Kier molecular flexibility index (Phi) is 3.96. The van der Waals surface area contributed by atoms with Crippen LogP contribution in [0.1, 0.15) is 11.4 Å². The maximum Gasteiger partial charge on any atom is 0.194 e. The number of anilines is 1. The lowest BCUT2D eigenvalue weighted by Gasteiger charge is -2.10. The van der Waals surface area contributed by atoms with Crippen LogP contribution in [0.5, 0.6) is 0 Å². The standard InChI is InChI=1S/C17H17N5/c1-19-17(18)22-16-13-9-5-6-10-14(13)20-15(21-16)11-12-7-3-2-4-8-12/h2-10H,11H2,1H3,(H3,18,19,20,21,22). The summed E-state index contributed by atoms with van der Waals surface area (Å²) in [5.41, 5.74) is 7.83. The molecule has 1 heterocycles. The van der Waals surface area contributed by atoms with Gasteiger partial charge in [0.2, 0.25) is 0 Å². The van der Waals surface area contributed by atoms with Crippen molar-refractivity contribution in [2.75, 3.05) is 12.4 Å². The summed E-state index contributed by atoms with van der Waals surface area (Å²) in [6.45, 7) is 0. The van der Waals surface area contributed by atoms with Crippen LogP contribution in [0.4, 0.5) is 5.82 Å². The van der Waals surface area contributed by atoms with E-state index in [1.165, 1.54) is 5.56 Å². The first-order valence-electron chi connectivity index (χ1n) is 7.05. The van der Waals surface area contributed by atoms with Gasteiger partial charge in [0, 0.05) is 18.9 Å². The van der Waals surface area contributed by atoms with E-state index in [2.05, 4.69) is 32.4 Å². The number of nitrogens with two attached hydrogens (primary N) is 1. The summed E-state index contributed by atoms with van der Waals surface area (Å²) in [5.74, 6) is 1.76. The number of hydrogen-bond acceptors (Lipinski definition) is 3. The Morgan fingerprint density at radius 1 is 1.05 bits per heavy atom. The molecule has 0 atom stereocenters. The lowest BCUT2D eigenvalue weighted by atomic mass is 10.1. The van der Waals surface area contributed by atoms with Crippen LogP contribution in [0.15, 0.2) is 59.6 Å². The summed E-state index contributed by atoms with van der Waals surface area (Å²) in [6.07, 6.45) is 0.670. The van der Waals surface area contributed by atoms with Crippen molar-refractivity contribution < 1.29 is 0 Å². The lowest BCUT2D eigenvalue weighted by molar-refractivity contribution is 0.996. The minimum Gasteiger partial charge on any atom is -0.370 e. The quantitative estimate of drug-likeness (QED) is 0.574. The van der Waals surface area contributed by atoms with Crippen molar-refractivity contribution in [2.24, 2.45) is 10.7 Å². The van der Waals surface area contributed by atoms with Crippen LogP contribution in [0, 0.1) is 0 Å². The monoisotopic (exact) mass is 291 g/mol. The second-order valence-corrected chi connectivity index (χ2v) is 4.90. The molecule has 0 unspecified atom stereocenters. The van der Waals surface area contributed by atoms with Gasteiger partial charge in [0.15, 0.2) is 5.96 Å². The van der Waals surface area contributed by atoms with Gasteiger partial charge in [-0.05, 0) is 17.7 Å². The maximum atomic E-state index is 5.78. The first-order valence-corrected chi connectivity index (χ1v) is 7.05. The van der Waals surface area contributed by atoms with Gasteiger partial charge in [-0.15, -0.1) is 0 Å². The molecule has 5 heteroatoms. The first-order chi connectivity index (χ1) is 10.8. The van der Waals surface area contributed by atoms with Crippen LogP contribution in [-0.4, -0.2) is 23.0 Å². The zero-order valence-corrected chi connectivity index (χ0v) is 12.3. The van der Waals surface area contributed by atoms with Crippen molar-refractivity contribution in [1.82, 2.24) is 9.97 Å². The summed E-state index contributed by atoms with van der Waals surface area (Å²) in [7, 11) is 1.64. The van der Waals surface area contributed by atoms with Gasteiger partial charge in [0.1, 0.15) is 11.6 Å². The molecule has 3 N–H and O–H groups in total. The van der Waals surface area contributed by atoms with Gasteiger partial charge >= 0.3 is 0 Å². The Hall–Kier alpha value is -2.95. The van der Waals surface area contributed by atoms with Crippen LogP contribution in [0.2, 0.25) is 0 Å². The third kappa shape index (κ3) is 3.03. The van der Waals surface area contributed by atoms with E-state index in [9.17, 15) is 0 Å². The molecular formula is C17H17N5. The van der Waals surface area contributed by atoms with E-state index in [-0.39, 0.29) is 0 Å². The molecule has 22 heavy (non-hydrogen) atoms. The summed E-state index contributed by atoms with van der Waals surface area (Å²) >= 11 is 0. The molecule has 0 amide bonds. The summed E-state index contributed by atoms with van der Waals surface area (Å²) in [5, 5.41) is 3.96. The highest BCUT2D eigenvalue weighted by molar-refractivity contribution is 5.99. The largest absolute Gasteiger partial charge is 0.370 e. The normalized spacial score (nSPS) is 11.6. The maximum absolute atomic E-state index is 5.78. The fraction of sp³-hybridized carbons (Fsp3) is 0.118. The highest BCUT2D eigenvalue weighted by atomic mass is 15.1. The molecule has 5 nitrogen and oxygen atoms in total. The molecule has 3 rings (SSSR count). The van der Waals surface area contributed by atoms with E-state index in [4.69, 9.17) is 5.73 Å². The Bertz CT molecular complexity index is 812. The van der Waals surface area contributed by atoms with Crippen molar-refractivity contribution in [3.63, 3.8) is 0 Å². The van der Waals surface area contributed by atoms with Gasteiger partial charge in [0.05, 0.1) is 5.52 Å². The SMILES string of the molecule is CN=C(N)Nc1nc(Cc2ccccc2)nc2ccccc12. The lowest BCUT2D eigenvalue weighted by Crippen LogP contribution is -2.23. The number of nitrogens with zero attached hydrogens (tertiary/aromatic N) is 3. The number of hydrogen-bond donors (Lipinski definition) is 2. The number of aliphatic imine (C=N–C) groups is 1. The highest BCUT2D eigenvalue weighted by Crippen LogP contribution is 2.21. The van der Waals surface area contributed by atoms with Gasteiger partial charge in [-0.3, -0.25) is 4.99 Å². The van der Waals surface area contributed by atoms with E-state index < -0.39 is 0 Å². The predicted molar refractivity (Wildman–Crippen MR) is 90.0 cm³/mol. The fourth-order valence-electron chi connectivity index (χ4n) is 2.25. The molecule has 0 aliphatic heterocycles.